The zero-order chi connectivity index (χ0) is 7.40. The average molecular weight is 142 g/mol. The Balaban J connectivity index is 2.25. The van der Waals surface area contributed by atoms with Gasteiger partial charge in [-0.15, -0.1) is 0 Å². The number of piperazine rings is 1. The van der Waals surface area contributed by atoms with E-state index in [0.29, 0.717) is 6.04 Å². The van der Waals surface area contributed by atoms with Gasteiger partial charge in [0.1, 0.15) is 0 Å². The van der Waals surface area contributed by atoms with Gasteiger partial charge in [0.25, 0.3) is 0 Å². The van der Waals surface area contributed by atoms with Crippen LogP contribution in [-0.2, 0) is 0 Å². The molecule has 0 spiro atoms. The highest BCUT2D eigenvalue weighted by molar-refractivity contribution is 4.76. The molecule has 3 nitrogen and oxygen atoms in total. The van der Waals surface area contributed by atoms with Crippen LogP contribution >= 0.6 is 0 Å². The Labute approximate surface area is 62.6 Å². The number of hydrogen-bond acceptors (Lipinski definition) is 2. The lowest BCUT2D eigenvalue weighted by Crippen LogP contribution is -2.47. The number of nitrogens with zero attached hydrogens (tertiary/aromatic N) is 2. The van der Waals surface area contributed by atoms with Crippen molar-refractivity contribution in [3.8, 4) is 0 Å². The van der Waals surface area contributed by atoms with Crippen LogP contribution in [0.1, 0.15) is 6.42 Å². The van der Waals surface area contributed by atoms with E-state index in [1.807, 2.05) is 0 Å². The maximum absolute atomic E-state index is 5.45. The summed E-state index contributed by atoms with van der Waals surface area (Å²) in [6.45, 7) is 3.86. The monoisotopic (exact) mass is 142 g/mol. The minimum atomic E-state index is 0.610. The summed E-state index contributed by atoms with van der Waals surface area (Å²) in [6, 6.07) is 0.610. The van der Waals surface area contributed by atoms with Crippen molar-refractivity contribution in [1.29, 1.82) is 0 Å². The molecule has 1 unspecified atom stereocenters. The van der Waals surface area contributed by atoms with Gasteiger partial charge in [0.15, 0.2) is 0 Å². The number of rotatable bonds is 2. The van der Waals surface area contributed by atoms with E-state index in [1.165, 1.54) is 0 Å². The molecular formula is C7H16N3. The third kappa shape index (κ3) is 1.94. The third-order valence-electron chi connectivity index (χ3n) is 2.07. The van der Waals surface area contributed by atoms with Gasteiger partial charge in [-0.05, 0) is 20.0 Å². The second-order valence-corrected chi connectivity index (χ2v) is 2.84. The number of nitrogens with two attached hydrogens (primary N) is 1. The predicted molar refractivity (Wildman–Crippen MR) is 42.0 cm³/mol. The van der Waals surface area contributed by atoms with Crippen LogP contribution in [0.25, 0.3) is 0 Å². The average Bonchev–Trinajstić information content (AvgIpc) is 1.94. The Morgan fingerprint density at radius 2 is 2.50 bits per heavy atom. The van der Waals surface area contributed by atoms with Gasteiger partial charge in [0.2, 0.25) is 0 Å². The first kappa shape index (κ1) is 7.98. The molecule has 1 aliphatic rings. The molecule has 1 heterocycles. The van der Waals surface area contributed by atoms with Gasteiger partial charge in [-0.3, -0.25) is 0 Å². The highest BCUT2D eigenvalue weighted by Gasteiger charge is 2.17. The van der Waals surface area contributed by atoms with Gasteiger partial charge in [-0.25, -0.2) is 5.32 Å². The molecule has 1 rings (SSSR count). The Morgan fingerprint density at radius 1 is 1.70 bits per heavy atom. The lowest BCUT2D eigenvalue weighted by molar-refractivity contribution is 0.190. The van der Waals surface area contributed by atoms with Crippen LogP contribution in [0.2, 0.25) is 0 Å². The van der Waals surface area contributed by atoms with Crippen LogP contribution < -0.4 is 11.1 Å². The molecule has 1 fully saturated rings. The van der Waals surface area contributed by atoms with Gasteiger partial charge >= 0.3 is 0 Å². The molecule has 1 radical (unpaired) electrons. The highest BCUT2D eigenvalue weighted by Crippen LogP contribution is 2.03. The van der Waals surface area contributed by atoms with Crippen molar-refractivity contribution in [3.63, 3.8) is 0 Å². The van der Waals surface area contributed by atoms with E-state index in [4.69, 9.17) is 5.73 Å². The normalized spacial score (nSPS) is 28.8. The SMILES string of the molecule is CN1CC[N]CC1CCN. The Hall–Kier alpha value is -0.120. The summed E-state index contributed by atoms with van der Waals surface area (Å²) in [5.74, 6) is 0. The molecule has 0 aromatic rings. The van der Waals surface area contributed by atoms with E-state index < -0.39 is 0 Å². The van der Waals surface area contributed by atoms with Crippen molar-refractivity contribution in [1.82, 2.24) is 10.2 Å². The van der Waals surface area contributed by atoms with Gasteiger partial charge in [-0.2, -0.15) is 0 Å². The first-order valence-electron chi connectivity index (χ1n) is 3.88. The first-order valence-corrected chi connectivity index (χ1v) is 3.88. The molecule has 0 saturated carbocycles. The molecule has 0 bridgehead atoms. The summed E-state index contributed by atoms with van der Waals surface area (Å²) >= 11 is 0. The van der Waals surface area contributed by atoms with E-state index >= 15 is 0 Å². The molecule has 0 aromatic heterocycles. The highest BCUT2D eigenvalue weighted by atomic mass is 15.2. The lowest BCUT2D eigenvalue weighted by Gasteiger charge is -2.31. The molecule has 0 amide bonds. The standard InChI is InChI=1S/C7H16N3/c1-10-5-4-9-6-7(10)2-3-8/h7H,2-6,8H2,1H3. The minimum Gasteiger partial charge on any atom is -0.330 e. The van der Waals surface area contributed by atoms with Crippen LogP contribution in [0.15, 0.2) is 0 Å². The number of hydrogen-bond donors (Lipinski definition) is 1. The molecule has 0 aliphatic carbocycles. The molecule has 3 heteroatoms. The molecule has 1 atom stereocenters. The molecule has 10 heavy (non-hydrogen) atoms. The van der Waals surface area contributed by atoms with Crippen LogP contribution in [0.3, 0.4) is 0 Å². The molecule has 1 saturated heterocycles. The Bertz CT molecular complexity index is 92.9. The second kappa shape index (κ2) is 3.91. The molecular weight excluding hydrogens is 126 g/mol. The summed E-state index contributed by atoms with van der Waals surface area (Å²) in [5.41, 5.74) is 5.45. The zero-order valence-corrected chi connectivity index (χ0v) is 6.58. The van der Waals surface area contributed by atoms with Crippen molar-refractivity contribution >= 4 is 0 Å². The summed E-state index contributed by atoms with van der Waals surface area (Å²) in [7, 11) is 2.15. The fraction of sp³-hybridized carbons (Fsp3) is 1.00. The van der Waals surface area contributed by atoms with Gasteiger partial charge in [0, 0.05) is 25.7 Å². The lowest BCUT2D eigenvalue weighted by atomic mass is 10.1. The van der Waals surface area contributed by atoms with Crippen LogP contribution in [0.5, 0.6) is 0 Å². The van der Waals surface area contributed by atoms with Crippen molar-refractivity contribution in [2.45, 2.75) is 12.5 Å². The largest absolute Gasteiger partial charge is 0.330 e. The number of likely N-dealkylation sites (N-methyl/N-ethyl adjacent to an activating group) is 1. The van der Waals surface area contributed by atoms with Crippen molar-refractivity contribution in [2.75, 3.05) is 33.2 Å². The first-order chi connectivity index (χ1) is 4.84. The van der Waals surface area contributed by atoms with Crippen LogP contribution in [0.4, 0.5) is 0 Å². The van der Waals surface area contributed by atoms with Crippen LogP contribution in [0, 0.1) is 0 Å². The van der Waals surface area contributed by atoms with Crippen molar-refractivity contribution in [3.05, 3.63) is 0 Å². The predicted octanol–water partition coefficient (Wildman–Crippen LogP) is -0.746. The molecule has 1 aliphatic heterocycles. The molecule has 0 aromatic carbocycles. The maximum Gasteiger partial charge on any atom is 0.0290 e. The van der Waals surface area contributed by atoms with E-state index in [2.05, 4.69) is 17.3 Å². The zero-order valence-electron chi connectivity index (χ0n) is 6.58. The smallest absolute Gasteiger partial charge is 0.0290 e. The van der Waals surface area contributed by atoms with Crippen LogP contribution in [-0.4, -0.2) is 44.2 Å². The van der Waals surface area contributed by atoms with Gasteiger partial charge in [-0.1, -0.05) is 0 Å². The Morgan fingerprint density at radius 3 is 3.10 bits per heavy atom. The Kier molecular flexibility index (Phi) is 3.12. The summed E-state index contributed by atoms with van der Waals surface area (Å²) in [5, 5.41) is 4.33. The van der Waals surface area contributed by atoms with Crippen molar-refractivity contribution in [2.24, 2.45) is 5.73 Å². The third-order valence-corrected chi connectivity index (χ3v) is 2.07. The summed E-state index contributed by atoms with van der Waals surface area (Å²) in [6.07, 6.45) is 1.08. The van der Waals surface area contributed by atoms with E-state index in [0.717, 1.165) is 32.6 Å². The summed E-state index contributed by atoms with van der Waals surface area (Å²) < 4.78 is 0. The summed E-state index contributed by atoms with van der Waals surface area (Å²) in [4.78, 5) is 2.35. The second-order valence-electron chi connectivity index (χ2n) is 2.84. The quantitative estimate of drug-likeness (QED) is 0.551. The van der Waals surface area contributed by atoms with Gasteiger partial charge < -0.3 is 10.6 Å². The van der Waals surface area contributed by atoms with E-state index in [1.54, 1.807) is 0 Å². The van der Waals surface area contributed by atoms with E-state index in [9.17, 15) is 0 Å². The van der Waals surface area contributed by atoms with Crippen molar-refractivity contribution < 1.29 is 0 Å². The van der Waals surface area contributed by atoms with E-state index in [-0.39, 0.29) is 0 Å². The fourth-order valence-electron chi connectivity index (χ4n) is 1.29. The minimum absolute atomic E-state index is 0.610. The van der Waals surface area contributed by atoms with Gasteiger partial charge in [0.05, 0.1) is 0 Å². The maximum atomic E-state index is 5.45. The molecule has 59 valence electrons. The topological polar surface area (TPSA) is 43.4 Å². The fourth-order valence-corrected chi connectivity index (χ4v) is 1.29. The molecule has 2 N–H and O–H groups in total.